The van der Waals surface area contributed by atoms with Crippen molar-refractivity contribution in [2.45, 2.75) is 13.5 Å². The summed E-state index contributed by atoms with van der Waals surface area (Å²) in [6.07, 6.45) is 2.63. The number of aromatic nitrogens is 5. The Kier molecular flexibility index (Phi) is 3.16. The van der Waals surface area contributed by atoms with E-state index < -0.39 is 11.2 Å². The molecule has 0 unspecified atom stereocenters. The lowest BCUT2D eigenvalue weighted by Crippen LogP contribution is -2.40. The van der Waals surface area contributed by atoms with Gasteiger partial charge in [0.2, 0.25) is 0 Å². The van der Waals surface area contributed by atoms with Gasteiger partial charge in [-0.3, -0.25) is 23.4 Å². The van der Waals surface area contributed by atoms with Crippen molar-refractivity contribution in [1.29, 1.82) is 0 Å². The quantitative estimate of drug-likeness (QED) is 0.657. The molecule has 0 aliphatic heterocycles. The highest BCUT2D eigenvalue weighted by Crippen LogP contribution is 1.96. The minimum absolute atomic E-state index is 0.0238. The summed E-state index contributed by atoms with van der Waals surface area (Å²) in [6.45, 7) is 1.43. The molecule has 8 heteroatoms. The molecule has 0 bridgehead atoms. The Morgan fingerprint density at radius 1 is 1.32 bits per heavy atom. The number of hydrogen-bond acceptors (Lipinski definition) is 5. The molecule has 19 heavy (non-hydrogen) atoms. The van der Waals surface area contributed by atoms with Crippen molar-refractivity contribution in [3.8, 4) is 0 Å². The van der Waals surface area contributed by atoms with E-state index in [2.05, 4.69) is 10.1 Å². The van der Waals surface area contributed by atoms with Crippen LogP contribution in [0.1, 0.15) is 23.1 Å². The van der Waals surface area contributed by atoms with Gasteiger partial charge in [0.1, 0.15) is 12.2 Å². The third-order valence-corrected chi connectivity index (χ3v) is 2.85. The second-order valence-corrected chi connectivity index (χ2v) is 4.17. The van der Waals surface area contributed by atoms with Crippen LogP contribution in [0.4, 0.5) is 0 Å². The molecule has 0 radical (unpaired) electrons. The molecule has 0 fully saturated rings. The molecule has 0 saturated carbocycles. The predicted molar refractivity (Wildman–Crippen MR) is 66.1 cm³/mol. The van der Waals surface area contributed by atoms with Crippen molar-refractivity contribution in [2.24, 2.45) is 14.1 Å². The summed E-state index contributed by atoms with van der Waals surface area (Å²) >= 11 is 0. The van der Waals surface area contributed by atoms with Crippen LogP contribution in [-0.2, 0) is 20.6 Å². The van der Waals surface area contributed by atoms with Crippen molar-refractivity contribution in [3.63, 3.8) is 0 Å². The van der Waals surface area contributed by atoms with E-state index in [9.17, 15) is 14.4 Å². The van der Waals surface area contributed by atoms with Gasteiger partial charge in [0.15, 0.2) is 5.78 Å². The highest BCUT2D eigenvalue weighted by Gasteiger charge is 2.13. The van der Waals surface area contributed by atoms with E-state index in [-0.39, 0.29) is 17.9 Å². The molecule has 0 atom stereocenters. The average molecular weight is 263 g/mol. The second-order valence-electron chi connectivity index (χ2n) is 4.17. The fraction of sp³-hybridized carbons (Fsp3) is 0.364. The van der Waals surface area contributed by atoms with Crippen LogP contribution in [0.3, 0.4) is 0 Å². The number of hydrogen-bond donors (Lipinski definition) is 0. The SMILES string of the molecule is CC(=O)c1cn(Cc2ncnn2C)c(=O)n(C)c1=O. The minimum atomic E-state index is -0.591. The zero-order valence-electron chi connectivity index (χ0n) is 10.8. The maximum atomic E-state index is 12.0. The van der Waals surface area contributed by atoms with E-state index in [1.54, 1.807) is 7.05 Å². The molecule has 0 aromatic carbocycles. The van der Waals surface area contributed by atoms with Crippen molar-refractivity contribution >= 4 is 5.78 Å². The molecule has 0 N–H and O–H groups in total. The van der Waals surface area contributed by atoms with Gasteiger partial charge in [-0.1, -0.05) is 0 Å². The molecule has 8 nitrogen and oxygen atoms in total. The summed E-state index contributed by atoms with van der Waals surface area (Å²) < 4.78 is 3.69. The molecule has 2 aromatic rings. The Morgan fingerprint density at radius 3 is 2.53 bits per heavy atom. The van der Waals surface area contributed by atoms with Crippen LogP contribution >= 0.6 is 0 Å². The van der Waals surface area contributed by atoms with Gasteiger partial charge >= 0.3 is 5.69 Å². The Morgan fingerprint density at radius 2 is 2.00 bits per heavy atom. The summed E-state index contributed by atoms with van der Waals surface area (Å²) in [4.78, 5) is 39.1. The maximum Gasteiger partial charge on any atom is 0.331 e. The Hall–Kier alpha value is -2.51. The molecule has 0 aliphatic rings. The van der Waals surface area contributed by atoms with Crippen LogP contribution < -0.4 is 11.2 Å². The molecule has 2 rings (SSSR count). The van der Waals surface area contributed by atoms with Crippen LogP contribution in [0.25, 0.3) is 0 Å². The zero-order valence-corrected chi connectivity index (χ0v) is 10.8. The topological polar surface area (TPSA) is 91.8 Å². The Balaban J connectivity index is 2.59. The first-order valence-corrected chi connectivity index (χ1v) is 5.56. The summed E-state index contributed by atoms with van der Waals surface area (Å²) in [7, 11) is 3.03. The summed E-state index contributed by atoms with van der Waals surface area (Å²) in [5.74, 6) is 0.169. The molecule has 0 spiro atoms. The highest BCUT2D eigenvalue weighted by molar-refractivity contribution is 5.93. The fourth-order valence-corrected chi connectivity index (χ4v) is 1.70. The number of aryl methyl sites for hydroxylation is 1. The third-order valence-electron chi connectivity index (χ3n) is 2.85. The number of nitrogens with zero attached hydrogens (tertiary/aromatic N) is 5. The van der Waals surface area contributed by atoms with E-state index in [0.29, 0.717) is 5.82 Å². The summed E-state index contributed by atoms with van der Waals surface area (Å²) in [5.41, 5.74) is -1.12. The number of rotatable bonds is 3. The monoisotopic (exact) mass is 263 g/mol. The van der Waals surface area contributed by atoms with Gasteiger partial charge in [-0.15, -0.1) is 0 Å². The van der Waals surface area contributed by atoms with E-state index in [4.69, 9.17) is 0 Å². The Bertz CT molecular complexity index is 752. The molecule has 0 saturated heterocycles. The van der Waals surface area contributed by atoms with Crippen LogP contribution in [0.5, 0.6) is 0 Å². The fourth-order valence-electron chi connectivity index (χ4n) is 1.70. The normalized spacial score (nSPS) is 10.7. The first-order chi connectivity index (χ1) is 8.91. The number of carbonyl (C=O) groups excluding carboxylic acids is 1. The van der Waals surface area contributed by atoms with Crippen LogP contribution in [-0.4, -0.2) is 29.7 Å². The van der Waals surface area contributed by atoms with Gasteiger partial charge in [-0.2, -0.15) is 5.10 Å². The van der Waals surface area contributed by atoms with Crippen LogP contribution in [0.15, 0.2) is 22.1 Å². The van der Waals surface area contributed by atoms with Crippen molar-refractivity contribution in [2.75, 3.05) is 0 Å². The number of Topliss-reactive ketones (excluding diaryl/α,β-unsaturated/α-hetero) is 1. The lowest BCUT2D eigenvalue weighted by Gasteiger charge is -2.08. The third kappa shape index (κ3) is 2.24. The zero-order chi connectivity index (χ0) is 14.2. The molecular weight excluding hydrogens is 250 g/mol. The van der Waals surface area contributed by atoms with Crippen molar-refractivity contribution < 1.29 is 4.79 Å². The molecular formula is C11H13N5O3. The lowest BCUT2D eigenvalue weighted by molar-refractivity contribution is 0.101. The maximum absolute atomic E-state index is 12.0. The van der Waals surface area contributed by atoms with Gasteiger partial charge in [0.25, 0.3) is 5.56 Å². The Labute approximate surface area is 107 Å². The standard InChI is InChI=1S/C11H13N5O3/c1-7(17)8-4-16(11(19)14(2)10(8)18)5-9-12-6-13-15(9)3/h4,6H,5H2,1-3H3. The number of carbonyl (C=O) groups is 1. The van der Waals surface area contributed by atoms with Gasteiger partial charge in [0.05, 0.1) is 12.1 Å². The van der Waals surface area contributed by atoms with Crippen LogP contribution in [0.2, 0.25) is 0 Å². The smallest absolute Gasteiger partial charge is 0.294 e. The molecule has 0 amide bonds. The van der Waals surface area contributed by atoms with Gasteiger partial charge in [0, 0.05) is 20.3 Å². The lowest BCUT2D eigenvalue weighted by atomic mass is 10.2. The second kappa shape index (κ2) is 4.63. The highest BCUT2D eigenvalue weighted by atomic mass is 16.2. The first kappa shape index (κ1) is 12.9. The van der Waals surface area contributed by atoms with E-state index in [1.165, 1.54) is 35.7 Å². The molecule has 2 heterocycles. The predicted octanol–water partition coefficient (Wildman–Crippen LogP) is -1.07. The largest absolute Gasteiger partial charge is 0.331 e. The molecule has 100 valence electrons. The summed E-state index contributed by atoms with van der Waals surface area (Å²) in [5, 5.41) is 3.89. The molecule has 0 aliphatic carbocycles. The number of ketones is 1. The first-order valence-electron chi connectivity index (χ1n) is 5.56. The van der Waals surface area contributed by atoms with E-state index in [1.807, 2.05) is 0 Å². The minimum Gasteiger partial charge on any atom is -0.294 e. The van der Waals surface area contributed by atoms with E-state index in [0.717, 1.165) is 4.57 Å². The van der Waals surface area contributed by atoms with E-state index >= 15 is 0 Å². The summed E-state index contributed by atoms with van der Waals surface area (Å²) in [6, 6.07) is 0. The average Bonchev–Trinajstić information content (AvgIpc) is 2.75. The van der Waals surface area contributed by atoms with Gasteiger partial charge < -0.3 is 0 Å². The van der Waals surface area contributed by atoms with Crippen molar-refractivity contribution in [1.82, 2.24) is 23.9 Å². The molecule has 2 aromatic heterocycles. The van der Waals surface area contributed by atoms with Gasteiger partial charge in [-0.05, 0) is 6.92 Å². The van der Waals surface area contributed by atoms with Gasteiger partial charge in [-0.25, -0.2) is 9.78 Å². The van der Waals surface area contributed by atoms with Crippen LogP contribution in [0, 0.1) is 0 Å². The van der Waals surface area contributed by atoms with Crippen molar-refractivity contribution in [3.05, 3.63) is 44.8 Å².